The molecule has 0 atom stereocenters. The van der Waals surface area contributed by atoms with Gasteiger partial charge in [0.25, 0.3) is 0 Å². The van der Waals surface area contributed by atoms with E-state index >= 15 is 0 Å². The van der Waals surface area contributed by atoms with Crippen LogP contribution in [0.1, 0.15) is 13.3 Å². The van der Waals surface area contributed by atoms with E-state index in [-0.39, 0.29) is 11.8 Å². The molecular weight excluding hydrogens is 255 g/mol. The van der Waals surface area contributed by atoms with Crippen LogP contribution in [0.15, 0.2) is 6.20 Å². The summed E-state index contributed by atoms with van der Waals surface area (Å²) in [5.41, 5.74) is -1.43. The molecule has 1 aromatic heterocycles. The molecule has 0 radical (unpaired) electrons. The Hall–Kier alpha value is -1.51. The summed E-state index contributed by atoms with van der Waals surface area (Å²) < 4.78 is 13.6. The quantitative estimate of drug-likeness (QED) is 0.437. The number of anilines is 2. The van der Waals surface area contributed by atoms with E-state index in [1.54, 1.807) is 0 Å². The van der Waals surface area contributed by atoms with Crippen LogP contribution in [0.3, 0.4) is 0 Å². The Bertz CT molecular complexity index is 393. The number of aliphatic hydroxyl groups excluding tert-OH is 3. The fraction of sp³-hybridized carbons (Fsp3) is 0.636. The fourth-order valence-electron chi connectivity index (χ4n) is 1.30. The Kier molecular flexibility index (Phi) is 5.87. The van der Waals surface area contributed by atoms with Crippen LogP contribution in [0, 0.1) is 5.82 Å². The summed E-state index contributed by atoms with van der Waals surface area (Å²) >= 11 is 0. The Labute approximate surface area is 110 Å². The van der Waals surface area contributed by atoms with Gasteiger partial charge in [0.1, 0.15) is 5.54 Å². The summed E-state index contributed by atoms with van der Waals surface area (Å²) in [6.07, 6.45) is 1.83. The molecule has 1 rings (SSSR count). The molecule has 0 saturated carbocycles. The summed E-state index contributed by atoms with van der Waals surface area (Å²) in [6, 6.07) is 0. The monoisotopic (exact) mass is 274 g/mol. The van der Waals surface area contributed by atoms with Crippen LogP contribution in [-0.2, 0) is 0 Å². The summed E-state index contributed by atoms with van der Waals surface area (Å²) in [5, 5.41) is 32.9. The Morgan fingerprint density at radius 2 is 1.89 bits per heavy atom. The summed E-state index contributed by atoms with van der Waals surface area (Å²) in [6.45, 7) is 0.893. The van der Waals surface area contributed by atoms with Crippen LogP contribution in [0.5, 0.6) is 0 Å². The molecule has 5 N–H and O–H groups in total. The van der Waals surface area contributed by atoms with E-state index in [2.05, 4.69) is 20.6 Å². The van der Waals surface area contributed by atoms with Crippen molar-refractivity contribution in [2.24, 2.45) is 0 Å². The van der Waals surface area contributed by atoms with Gasteiger partial charge in [-0.25, -0.2) is 9.37 Å². The molecule has 19 heavy (non-hydrogen) atoms. The van der Waals surface area contributed by atoms with Crippen molar-refractivity contribution in [3.05, 3.63) is 12.0 Å². The summed E-state index contributed by atoms with van der Waals surface area (Å²) in [5.74, 6) is -0.694. The molecule has 108 valence electrons. The average Bonchev–Trinajstić information content (AvgIpc) is 2.45. The number of rotatable bonds is 8. The molecule has 0 aromatic carbocycles. The zero-order valence-corrected chi connectivity index (χ0v) is 10.7. The van der Waals surface area contributed by atoms with E-state index in [0.717, 1.165) is 12.6 Å². The zero-order chi connectivity index (χ0) is 14.3. The lowest BCUT2D eigenvalue weighted by atomic mass is 10.0. The third-order valence-corrected chi connectivity index (χ3v) is 2.57. The van der Waals surface area contributed by atoms with Crippen LogP contribution in [0.2, 0.25) is 0 Å². The van der Waals surface area contributed by atoms with Crippen molar-refractivity contribution in [3.8, 4) is 0 Å². The molecule has 8 heteroatoms. The molecular formula is C11H19FN4O3. The molecule has 0 aliphatic heterocycles. The van der Waals surface area contributed by atoms with Gasteiger partial charge < -0.3 is 26.0 Å². The maximum atomic E-state index is 13.6. The highest BCUT2D eigenvalue weighted by Gasteiger charge is 2.29. The molecule has 7 nitrogen and oxygen atoms in total. The second kappa shape index (κ2) is 7.17. The predicted octanol–water partition coefficient (Wildman–Crippen LogP) is -0.435. The highest BCUT2D eigenvalue weighted by Crippen LogP contribution is 2.17. The van der Waals surface area contributed by atoms with Gasteiger partial charge in [0.05, 0.1) is 26.0 Å². The summed E-state index contributed by atoms with van der Waals surface area (Å²) in [7, 11) is 0. The lowest BCUT2D eigenvalue weighted by molar-refractivity contribution is 0.0828. The Morgan fingerprint density at radius 3 is 2.42 bits per heavy atom. The first-order valence-corrected chi connectivity index (χ1v) is 5.98. The Balaban J connectivity index is 2.92. The molecule has 0 amide bonds. The summed E-state index contributed by atoms with van der Waals surface area (Å²) in [4.78, 5) is 7.66. The number of aromatic nitrogens is 2. The van der Waals surface area contributed by atoms with Crippen molar-refractivity contribution in [1.82, 2.24) is 9.97 Å². The first-order valence-electron chi connectivity index (χ1n) is 5.98. The molecule has 1 aromatic rings. The van der Waals surface area contributed by atoms with E-state index < -0.39 is 31.2 Å². The minimum atomic E-state index is -1.43. The van der Waals surface area contributed by atoms with Crippen molar-refractivity contribution in [1.29, 1.82) is 0 Å². The number of hydrogen-bond acceptors (Lipinski definition) is 7. The number of halogens is 1. The van der Waals surface area contributed by atoms with Gasteiger partial charge in [0.2, 0.25) is 5.95 Å². The zero-order valence-electron chi connectivity index (χ0n) is 10.7. The van der Waals surface area contributed by atoms with Crippen LogP contribution >= 0.6 is 0 Å². The van der Waals surface area contributed by atoms with Crippen molar-refractivity contribution in [2.75, 3.05) is 37.0 Å². The van der Waals surface area contributed by atoms with Crippen molar-refractivity contribution in [2.45, 2.75) is 18.9 Å². The number of nitrogens with zero attached hydrogens (tertiary/aromatic N) is 2. The first kappa shape index (κ1) is 15.5. The topological polar surface area (TPSA) is 111 Å². The highest BCUT2D eigenvalue weighted by molar-refractivity contribution is 5.43. The predicted molar refractivity (Wildman–Crippen MR) is 68.4 cm³/mol. The van der Waals surface area contributed by atoms with Crippen LogP contribution in [0.25, 0.3) is 0 Å². The molecule has 0 saturated heterocycles. The molecule has 0 aliphatic carbocycles. The maximum Gasteiger partial charge on any atom is 0.224 e. The third kappa shape index (κ3) is 3.98. The van der Waals surface area contributed by atoms with Gasteiger partial charge >= 0.3 is 0 Å². The normalized spacial score (nSPS) is 11.4. The second-order valence-corrected chi connectivity index (χ2v) is 4.20. The van der Waals surface area contributed by atoms with Crippen LogP contribution in [0.4, 0.5) is 16.2 Å². The number of nitrogens with one attached hydrogen (secondary N) is 2. The van der Waals surface area contributed by atoms with E-state index in [4.69, 9.17) is 0 Å². The third-order valence-electron chi connectivity index (χ3n) is 2.57. The van der Waals surface area contributed by atoms with Gasteiger partial charge in [0.15, 0.2) is 11.6 Å². The van der Waals surface area contributed by atoms with E-state index in [0.29, 0.717) is 6.54 Å². The SMILES string of the molecule is CCCNc1ncc(F)c(NC(CO)(CO)CO)n1. The smallest absolute Gasteiger partial charge is 0.224 e. The molecule has 0 aliphatic rings. The van der Waals surface area contributed by atoms with Crippen molar-refractivity contribution < 1.29 is 19.7 Å². The molecule has 0 unspecified atom stereocenters. The lowest BCUT2D eigenvalue weighted by Crippen LogP contribution is -2.49. The number of aliphatic hydroxyl groups is 3. The fourth-order valence-corrected chi connectivity index (χ4v) is 1.30. The van der Waals surface area contributed by atoms with Gasteiger partial charge in [0, 0.05) is 6.54 Å². The maximum absolute atomic E-state index is 13.6. The molecule has 0 fully saturated rings. The Morgan fingerprint density at radius 1 is 1.26 bits per heavy atom. The van der Waals surface area contributed by atoms with Gasteiger partial charge in [-0.3, -0.25) is 0 Å². The first-order chi connectivity index (χ1) is 9.10. The standard InChI is InChI=1S/C11H19FN4O3/c1-2-3-13-10-14-4-8(12)9(15-10)16-11(5-17,6-18)7-19/h4,17-19H,2-3,5-7H2,1H3,(H2,13,14,15,16). The van der Waals surface area contributed by atoms with E-state index in [1.165, 1.54) is 0 Å². The van der Waals surface area contributed by atoms with Crippen LogP contribution in [-0.4, -0.2) is 57.2 Å². The van der Waals surface area contributed by atoms with Gasteiger partial charge in [-0.15, -0.1) is 0 Å². The van der Waals surface area contributed by atoms with Crippen LogP contribution < -0.4 is 10.6 Å². The van der Waals surface area contributed by atoms with E-state index in [9.17, 15) is 19.7 Å². The largest absolute Gasteiger partial charge is 0.394 e. The van der Waals surface area contributed by atoms with E-state index in [1.807, 2.05) is 6.92 Å². The van der Waals surface area contributed by atoms with Gasteiger partial charge in [-0.05, 0) is 6.42 Å². The highest BCUT2D eigenvalue weighted by atomic mass is 19.1. The second-order valence-electron chi connectivity index (χ2n) is 4.20. The lowest BCUT2D eigenvalue weighted by Gasteiger charge is -2.29. The van der Waals surface area contributed by atoms with Crippen molar-refractivity contribution in [3.63, 3.8) is 0 Å². The minimum absolute atomic E-state index is 0.189. The van der Waals surface area contributed by atoms with Crippen molar-refractivity contribution >= 4 is 11.8 Å². The van der Waals surface area contributed by atoms with Gasteiger partial charge in [-0.2, -0.15) is 4.98 Å². The molecule has 0 spiro atoms. The minimum Gasteiger partial charge on any atom is -0.394 e. The molecule has 0 bridgehead atoms. The number of hydrogen-bond donors (Lipinski definition) is 5. The average molecular weight is 274 g/mol. The molecule has 1 heterocycles. The van der Waals surface area contributed by atoms with Gasteiger partial charge in [-0.1, -0.05) is 6.92 Å².